The summed E-state index contributed by atoms with van der Waals surface area (Å²) < 4.78 is 5.25. The zero-order chi connectivity index (χ0) is 20.4. The first-order valence-corrected chi connectivity index (χ1v) is 10.9. The number of thiophene rings is 2. The Balaban J connectivity index is 1.75. The second-order valence-corrected chi connectivity index (χ2v) is 8.97. The van der Waals surface area contributed by atoms with Gasteiger partial charge >= 0.3 is 0 Å². The average molecular weight is 424 g/mol. The van der Waals surface area contributed by atoms with Crippen LogP contribution < -0.4 is 10.6 Å². The van der Waals surface area contributed by atoms with Gasteiger partial charge in [0.1, 0.15) is 10.8 Å². The first kappa shape index (κ1) is 19.4. The highest BCUT2D eigenvalue weighted by Crippen LogP contribution is 2.42. The third-order valence-corrected chi connectivity index (χ3v) is 6.80. The van der Waals surface area contributed by atoms with Gasteiger partial charge < -0.3 is 15.1 Å². The lowest BCUT2D eigenvalue weighted by Gasteiger charge is -2.21. The zero-order valence-corrected chi connectivity index (χ0v) is 18.0. The van der Waals surface area contributed by atoms with E-state index in [1.807, 2.05) is 25.1 Å². The maximum absolute atomic E-state index is 12.6. The van der Waals surface area contributed by atoms with E-state index in [-0.39, 0.29) is 11.9 Å². The minimum Gasteiger partial charge on any atom is -0.459 e. The van der Waals surface area contributed by atoms with Crippen LogP contribution in [0.25, 0.3) is 0 Å². The maximum Gasteiger partial charge on any atom is 0.291 e. The van der Waals surface area contributed by atoms with Crippen molar-refractivity contribution < 1.29 is 9.21 Å². The molecule has 4 rings (SSSR count). The summed E-state index contributed by atoms with van der Waals surface area (Å²) in [4.78, 5) is 19.4. The van der Waals surface area contributed by atoms with Crippen molar-refractivity contribution in [3.05, 3.63) is 86.4 Å². The lowest BCUT2D eigenvalue weighted by atomic mass is 10.0. The molecule has 2 N–H and O–H groups in total. The van der Waals surface area contributed by atoms with Crippen LogP contribution in [0.15, 0.2) is 58.7 Å². The largest absolute Gasteiger partial charge is 0.459 e. The van der Waals surface area contributed by atoms with E-state index in [4.69, 9.17) is 4.42 Å². The second kappa shape index (κ2) is 8.23. The summed E-state index contributed by atoms with van der Waals surface area (Å²) >= 11 is 3.25. The number of nitrogens with zero attached hydrogens (tertiary/aromatic N) is 1. The maximum atomic E-state index is 12.6. The fourth-order valence-electron chi connectivity index (χ4n) is 3.16. The van der Waals surface area contributed by atoms with E-state index < -0.39 is 0 Å². The summed E-state index contributed by atoms with van der Waals surface area (Å²) in [7, 11) is 0. The smallest absolute Gasteiger partial charge is 0.291 e. The zero-order valence-electron chi connectivity index (χ0n) is 16.4. The fraction of sp³-hybridized carbons (Fsp3) is 0.182. The monoisotopic (exact) mass is 423 g/mol. The van der Waals surface area contributed by atoms with E-state index in [1.54, 1.807) is 41.0 Å². The van der Waals surface area contributed by atoms with Crippen molar-refractivity contribution in [1.82, 2.24) is 4.98 Å². The summed E-state index contributed by atoms with van der Waals surface area (Å²) in [6.45, 7) is 6.21. The number of nitrogens with one attached hydrogen (secondary N) is 2. The van der Waals surface area contributed by atoms with Crippen molar-refractivity contribution in [2.75, 3.05) is 10.6 Å². The van der Waals surface area contributed by atoms with Crippen molar-refractivity contribution >= 4 is 39.4 Å². The average Bonchev–Trinajstić information content (AvgIpc) is 3.44. The number of anilines is 2. The molecule has 0 unspecified atom stereocenters. The third kappa shape index (κ3) is 4.11. The molecule has 0 aliphatic carbocycles. The van der Waals surface area contributed by atoms with E-state index in [0.717, 1.165) is 37.3 Å². The molecule has 0 spiro atoms. The Morgan fingerprint density at radius 3 is 2.72 bits per heavy atom. The lowest BCUT2D eigenvalue weighted by molar-refractivity contribution is 0.0997. The molecule has 29 heavy (non-hydrogen) atoms. The van der Waals surface area contributed by atoms with E-state index in [2.05, 4.69) is 40.9 Å². The molecule has 0 aliphatic heterocycles. The molecular weight excluding hydrogens is 402 g/mol. The molecule has 0 saturated carbocycles. The number of furan rings is 1. The van der Waals surface area contributed by atoms with E-state index in [1.165, 1.54) is 6.26 Å². The van der Waals surface area contributed by atoms with Crippen LogP contribution in [0.4, 0.5) is 10.8 Å². The number of aryl methyl sites for hydroxylation is 2. The Labute approximate surface area is 177 Å². The van der Waals surface area contributed by atoms with E-state index in [0.29, 0.717) is 5.76 Å². The molecule has 1 amide bonds. The van der Waals surface area contributed by atoms with Crippen LogP contribution in [0.1, 0.15) is 43.0 Å². The molecule has 4 heterocycles. The second-order valence-electron chi connectivity index (χ2n) is 6.77. The van der Waals surface area contributed by atoms with Gasteiger partial charge in [0.15, 0.2) is 5.76 Å². The van der Waals surface area contributed by atoms with Crippen molar-refractivity contribution in [2.24, 2.45) is 0 Å². The predicted octanol–water partition coefficient (Wildman–Crippen LogP) is 6.18. The molecule has 0 aliphatic rings. The Bertz CT molecular complexity index is 1120. The van der Waals surface area contributed by atoms with Crippen molar-refractivity contribution in [2.45, 2.75) is 26.8 Å². The summed E-state index contributed by atoms with van der Waals surface area (Å²) in [6.07, 6.45) is 3.30. The van der Waals surface area contributed by atoms with Crippen LogP contribution in [-0.4, -0.2) is 10.9 Å². The van der Waals surface area contributed by atoms with Crippen LogP contribution in [0.3, 0.4) is 0 Å². The minimum absolute atomic E-state index is 0.124. The first-order chi connectivity index (χ1) is 14.0. The summed E-state index contributed by atoms with van der Waals surface area (Å²) in [5, 5.41) is 9.49. The van der Waals surface area contributed by atoms with Gasteiger partial charge in [0.2, 0.25) is 0 Å². The van der Waals surface area contributed by atoms with E-state index >= 15 is 0 Å². The fourth-order valence-corrected chi connectivity index (χ4v) is 5.04. The Hall–Kier alpha value is -2.90. The Kier molecular flexibility index (Phi) is 5.51. The van der Waals surface area contributed by atoms with Gasteiger partial charge in [0.25, 0.3) is 5.91 Å². The molecule has 4 aromatic rings. The van der Waals surface area contributed by atoms with Gasteiger partial charge in [0, 0.05) is 21.5 Å². The number of rotatable bonds is 6. The van der Waals surface area contributed by atoms with Gasteiger partial charge in [-0.15, -0.1) is 22.7 Å². The normalized spacial score (nSPS) is 12.0. The highest BCUT2D eigenvalue weighted by atomic mass is 32.1. The van der Waals surface area contributed by atoms with Crippen LogP contribution >= 0.6 is 22.7 Å². The first-order valence-electron chi connectivity index (χ1n) is 9.20. The number of amides is 1. The molecule has 0 aromatic carbocycles. The highest BCUT2D eigenvalue weighted by Gasteiger charge is 2.26. The van der Waals surface area contributed by atoms with Gasteiger partial charge in [-0.2, -0.15) is 0 Å². The third-order valence-electron chi connectivity index (χ3n) is 4.73. The van der Waals surface area contributed by atoms with Crippen LogP contribution in [0.2, 0.25) is 0 Å². The summed E-state index contributed by atoms with van der Waals surface area (Å²) in [5.74, 6) is 0.840. The topological polar surface area (TPSA) is 67.2 Å². The molecule has 0 saturated heterocycles. The molecule has 0 fully saturated rings. The Morgan fingerprint density at radius 2 is 2.03 bits per heavy atom. The highest BCUT2D eigenvalue weighted by molar-refractivity contribution is 7.16. The SMILES string of the molecule is Cc1ccnc(N[C@H](c2cccs2)c2c(NC(=O)c3ccco3)sc(C)c2C)c1. The Morgan fingerprint density at radius 1 is 1.17 bits per heavy atom. The number of aromatic nitrogens is 1. The van der Waals surface area contributed by atoms with Crippen LogP contribution in [0.5, 0.6) is 0 Å². The van der Waals surface area contributed by atoms with Crippen LogP contribution in [-0.2, 0) is 0 Å². The van der Waals surface area contributed by atoms with Crippen LogP contribution in [0, 0.1) is 20.8 Å². The number of hydrogen-bond acceptors (Lipinski definition) is 6. The van der Waals surface area contributed by atoms with Gasteiger partial charge in [0.05, 0.1) is 12.3 Å². The molecule has 1 atom stereocenters. The quantitative estimate of drug-likeness (QED) is 0.389. The lowest BCUT2D eigenvalue weighted by Crippen LogP contribution is -2.17. The van der Waals surface area contributed by atoms with E-state index in [9.17, 15) is 4.79 Å². The van der Waals surface area contributed by atoms with Crippen molar-refractivity contribution in [1.29, 1.82) is 0 Å². The number of pyridine rings is 1. The molecule has 5 nitrogen and oxygen atoms in total. The molecule has 4 aromatic heterocycles. The number of hydrogen-bond donors (Lipinski definition) is 2. The molecule has 7 heteroatoms. The molecular formula is C22H21N3O2S2. The molecule has 148 valence electrons. The van der Waals surface area contributed by atoms with Crippen molar-refractivity contribution in [3.8, 4) is 0 Å². The molecule has 0 radical (unpaired) electrons. The predicted molar refractivity (Wildman–Crippen MR) is 119 cm³/mol. The van der Waals surface area contributed by atoms with Gasteiger partial charge in [-0.1, -0.05) is 6.07 Å². The standard InChI is InChI=1S/C22H21N3O2S2/c1-13-8-9-23-18(12-13)24-20(17-7-5-11-28-17)19-14(2)15(3)29-22(19)25-21(26)16-6-4-10-27-16/h4-12,20H,1-3H3,(H,23,24)(H,25,26)/t20-/m1/s1. The van der Waals surface area contributed by atoms with Crippen molar-refractivity contribution in [3.63, 3.8) is 0 Å². The van der Waals surface area contributed by atoms with Gasteiger partial charge in [-0.25, -0.2) is 4.98 Å². The van der Waals surface area contributed by atoms with Gasteiger partial charge in [-0.3, -0.25) is 4.79 Å². The number of carbonyl (C=O) groups is 1. The number of carbonyl (C=O) groups excluding carboxylic acids is 1. The summed E-state index contributed by atoms with van der Waals surface area (Å²) in [6, 6.07) is 11.4. The molecule has 0 bridgehead atoms. The summed E-state index contributed by atoms with van der Waals surface area (Å²) in [5.41, 5.74) is 3.35. The minimum atomic E-state index is -0.254. The van der Waals surface area contributed by atoms with Gasteiger partial charge in [-0.05, 0) is 67.6 Å².